The van der Waals surface area contributed by atoms with E-state index in [1.54, 1.807) is 7.11 Å². The fourth-order valence-electron chi connectivity index (χ4n) is 3.35. The standard InChI is InChI=1S/C23H25N3O3/c1-16-12-20(15-25-24-14-19-6-4-5-7-22(19)29-3)17(2)26(16)21-10-8-18(9-11-21)13-23(27)28/h4-12,15,24H,13-14H2,1-3H3,(H,27,28)/b25-15-. The lowest BCUT2D eigenvalue weighted by Crippen LogP contribution is -2.07. The predicted molar refractivity (Wildman–Crippen MR) is 114 cm³/mol. The number of nitrogens with one attached hydrogen (secondary N) is 1. The molecule has 2 aromatic carbocycles. The second-order valence-electron chi connectivity index (χ2n) is 6.80. The van der Waals surface area contributed by atoms with Crippen LogP contribution in [0.1, 0.15) is 28.1 Å². The van der Waals surface area contributed by atoms with Gasteiger partial charge in [-0.05, 0) is 43.7 Å². The molecule has 29 heavy (non-hydrogen) atoms. The van der Waals surface area contributed by atoms with Crippen molar-refractivity contribution in [1.82, 2.24) is 9.99 Å². The maximum atomic E-state index is 10.9. The van der Waals surface area contributed by atoms with Crippen LogP contribution < -0.4 is 10.2 Å². The minimum atomic E-state index is -0.829. The molecule has 0 amide bonds. The van der Waals surface area contributed by atoms with Gasteiger partial charge in [-0.1, -0.05) is 30.3 Å². The first kappa shape index (κ1) is 20.2. The van der Waals surface area contributed by atoms with E-state index in [9.17, 15) is 4.79 Å². The Morgan fingerprint density at radius 1 is 1.17 bits per heavy atom. The van der Waals surface area contributed by atoms with Gasteiger partial charge >= 0.3 is 5.97 Å². The van der Waals surface area contributed by atoms with E-state index in [-0.39, 0.29) is 6.42 Å². The number of aliphatic carboxylic acids is 1. The molecule has 0 radical (unpaired) electrons. The zero-order valence-electron chi connectivity index (χ0n) is 16.8. The number of nitrogens with zero attached hydrogens (tertiary/aromatic N) is 2. The molecular formula is C23H25N3O3. The molecule has 1 heterocycles. The SMILES string of the molecule is COc1ccccc1CN/N=C\c1cc(C)n(-c2ccc(CC(=O)O)cc2)c1C. The molecule has 3 aromatic rings. The normalized spacial score (nSPS) is 11.0. The Bertz CT molecular complexity index is 1020. The smallest absolute Gasteiger partial charge is 0.307 e. The number of rotatable bonds is 8. The van der Waals surface area contributed by atoms with E-state index in [4.69, 9.17) is 9.84 Å². The molecule has 0 saturated heterocycles. The van der Waals surface area contributed by atoms with Gasteiger partial charge in [0.25, 0.3) is 0 Å². The fourth-order valence-corrected chi connectivity index (χ4v) is 3.35. The van der Waals surface area contributed by atoms with Gasteiger partial charge in [-0.2, -0.15) is 5.10 Å². The maximum absolute atomic E-state index is 10.9. The van der Waals surface area contributed by atoms with Crippen LogP contribution in [0, 0.1) is 13.8 Å². The summed E-state index contributed by atoms with van der Waals surface area (Å²) in [6.07, 6.45) is 1.84. The number of para-hydroxylation sites is 1. The average Bonchev–Trinajstić information content (AvgIpc) is 2.99. The Labute approximate surface area is 170 Å². The van der Waals surface area contributed by atoms with Crippen molar-refractivity contribution < 1.29 is 14.6 Å². The van der Waals surface area contributed by atoms with E-state index in [0.29, 0.717) is 6.54 Å². The van der Waals surface area contributed by atoms with Crippen molar-refractivity contribution in [3.63, 3.8) is 0 Å². The highest BCUT2D eigenvalue weighted by molar-refractivity contribution is 5.82. The van der Waals surface area contributed by atoms with Crippen LogP contribution in [-0.2, 0) is 17.8 Å². The van der Waals surface area contributed by atoms with Gasteiger partial charge in [0.2, 0.25) is 0 Å². The number of hydrazone groups is 1. The van der Waals surface area contributed by atoms with Crippen LogP contribution in [0.4, 0.5) is 0 Å². The molecule has 6 nitrogen and oxygen atoms in total. The number of methoxy groups -OCH3 is 1. The van der Waals surface area contributed by atoms with Crippen LogP contribution in [0.15, 0.2) is 59.7 Å². The molecule has 0 saturated carbocycles. The number of carboxylic acids is 1. The van der Waals surface area contributed by atoms with Gasteiger partial charge in [0.1, 0.15) is 5.75 Å². The number of carboxylic acid groups (broad SMARTS) is 1. The summed E-state index contributed by atoms with van der Waals surface area (Å²) in [5.74, 6) is 0.00455. The van der Waals surface area contributed by atoms with Crippen LogP contribution in [-0.4, -0.2) is 29.0 Å². The summed E-state index contributed by atoms with van der Waals surface area (Å²) in [7, 11) is 1.66. The summed E-state index contributed by atoms with van der Waals surface area (Å²) in [5.41, 5.74) is 9.06. The summed E-state index contributed by atoms with van der Waals surface area (Å²) < 4.78 is 7.48. The van der Waals surface area contributed by atoms with E-state index in [2.05, 4.69) is 21.2 Å². The Morgan fingerprint density at radius 2 is 1.90 bits per heavy atom. The van der Waals surface area contributed by atoms with Gasteiger partial charge in [0, 0.05) is 28.2 Å². The molecule has 2 N–H and O–H groups in total. The molecule has 0 aliphatic carbocycles. The molecule has 150 valence electrons. The van der Waals surface area contributed by atoms with Crippen molar-refractivity contribution >= 4 is 12.2 Å². The first-order chi connectivity index (χ1) is 14.0. The molecule has 6 heteroatoms. The Balaban J connectivity index is 1.72. The molecule has 0 atom stereocenters. The third-order valence-electron chi connectivity index (χ3n) is 4.78. The third kappa shape index (κ3) is 4.85. The van der Waals surface area contributed by atoms with Crippen molar-refractivity contribution in [1.29, 1.82) is 0 Å². The third-order valence-corrected chi connectivity index (χ3v) is 4.78. The molecule has 0 fully saturated rings. The van der Waals surface area contributed by atoms with Crippen molar-refractivity contribution in [3.05, 3.63) is 82.7 Å². The molecule has 0 spiro atoms. The lowest BCUT2D eigenvalue weighted by molar-refractivity contribution is -0.136. The van der Waals surface area contributed by atoms with E-state index in [1.807, 2.05) is 68.6 Å². The topological polar surface area (TPSA) is 75.8 Å². The number of hydrogen-bond donors (Lipinski definition) is 2. The highest BCUT2D eigenvalue weighted by atomic mass is 16.5. The monoisotopic (exact) mass is 391 g/mol. The molecule has 1 aromatic heterocycles. The number of aryl methyl sites for hydroxylation is 1. The predicted octanol–water partition coefficient (Wildman–Crippen LogP) is 3.85. The summed E-state index contributed by atoms with van der Waals surface area (Å²) >= 11 is 0. The van der Waals surface area contributed by atoms with Gasteiger partial charge in [0.05, 0.1) is 26.3 Å². The Morgan fingerprint density at radius 3 is 2.59 bits per heavy atom. The highest BCUT2D eigenvalue weighted by Gasteiger charge is 2.10. The summed E-state index contributed by atoms with van der Waals surface area (Å²) in [5, 5.41) is 13.3. The highest BCUT2D eigenvalue weighted by Crippen LogP contribution is 2.21. The minimum Gasteiger partial charge on any atom is -0.496 e. The van der Waals surface area contributed by atoms with Crippen LogP contribution in [0.2, 0.25) is 0 Å². The first-order valence-corrected chi connectivity index (χ1v) is 9.37. The molecule has 3 rings (SSSR count). The summed E-state index contributed by atoms with van der Waals surface area (Å²) in [4.78, 5) is 10.9. The average molecular weight is 391 g/mol. The van der Waals surface area contributed by atoms with E-state index in [0.717, 1.165) is 39.5 Å². The van der Waals surface area contributed by atoms with Gasteiger partial charge in [-0.25, -0.2) is 0 Å². The fraction of sp³-hybridized carbons (Fsp3) is 0.217. The minimum absolute atomic E-state index is 0.0275. The second kappa shape index (κ2) is 9.10. The molecule has 0 bridgehead atoms. The lowest BCUT2D eigenvalue weighted by atomic mass is 10.1. The summed E-state index contributed by atoms with van der Waals surface area (Å²) in [6.45, 7) is 4.65. The quantitative estimate of drug-likeness (QED) is 0.452. The Kier molecular flexibility index (Phi) is 6.34. The van der Waals surface area contributed by atoms with Crippen LogP contribution in [0.25, 0.3) is 5.69 Å². The van der Waals surface area contributed by atoms with E-state index >= 15 is 0 Å². The van der Waals surface area contributed by atoms with Crippen LogP contribution >= 0.6 is 0 Å². The van der Waals surface area contributed by atoms with Gasteiger partial charge in [-0.3, -0.25) is 4.79 Å². The van der Waals surface area contributed by atoms with Crippen molar-refractivity contribution in [2.45, 2.75) is 26.8 Å². The molecule has 0 aliphatic heterocycles. The van der Waals surface area contributed by atoms with Crippen LogP contribution in [0.5, 0.6) is 5.75 Å². The number of hydrogen-bond acceptors (Lipinski definition) is 4. The van der Waals surface area contributed by atoms with E-state index in [1.165, 1.54) is 0 Å². The lowest BCUT2D eigenvalue weighted by Gasteiger charge is -2.10. The molecular weight excluding hydrogens is 366 g/mol. The zero-order valence-corrected chi connectivity index (χ0v) is 16.8. The van der Waals surface area contributed by atoms with Gasteiger partial charge in [0.15, 0.2) is 0 Å². The molecule has 0 aliphatic rings. The first-order valence-electron chi connectivity index (χ1n) is 9.37. The van der Waals surface area contributed by atoms with Gasteiger partial charge < -0.3 is 19.8 Å². The number of carbonyl (C=O) groups is 1. The second-order valence-corrected chi connectivity index (χ2v) is 6.80. The maximum Gasteiger partial charge on any atom is 0.307 e. The van der Waals surface area contributed by atoms with Crippen LogP contribution in [0.3, 0.4) is 0 Å². The van der Waals surface area contributed by atoms with Crippen molar-refractivity contribution in [2.75, 3.05) is 7.11 Å². The van der Waals surface area contributed by atoms with E-state index < -0.39 is 5.97 Å². The summed E-state index contributed by atoms with van der Waals surface area (Å²) in [6, 6.07) is 17.5. The molecule has 0 unspecified atom stereocenters. The largest absolute Gasteiger partial charge is 0.496 e. The number of ether oxygens (including phenoxy) is 1. The number of benzene rings is 2. The van der Waals surface area contributed by atoms with Crippen molar-refractivity contribution in [3.8, 4) is 11.4 Å². The Hall–Kier alpha value is -3.54. The number of aromatic nitrogens is 1. The van der Waals surface area contributed by atoms with Gasteiger partial charge in [-0.15, -0.1) is 0 Å². The zero-order chi connectivity index (χ0) is 20.8. The van der Waals surface area contributed by atoms with Crippen molar-refractivity contribution in [2.24, 2.45) is 5.10 Å².